The van der Waals surface area contributed by atoms with Gasteiger partial charge in [-0.05, 0) is 49.9 Å². The number of carbonyl (C=O) groups excluding carboxylic acids is 1. The summed E-state index contributed by atoms with van der Waals surface area (Å²) in [5, 5.41) is 16.7. The Morgan fingerprint density at radius 1 is 1.29 bits per heavy atom. The number of carboxylic acids is 1. The molecule has 0 radical (unpaired) electrons. The molecule has 1 aromatic carbocycles. The van der Waals surface area contributed by atoms with Gasteiger partial charge in [0.05, 0.1) is 17.5 Å². The van der Waals surface area contributed by atoms with E-state index >= 15 is 0 Å². The SMILES string of the molecule is NCCCC(NCc1ccc2cccnc2c1)C(=O)NC1CCCC1C(=O)O. The van der Waals surface area contributed by atoms with E-state index in [2.05, 4.69) is 15.6 Å². The molecule has 1 saturated carbocycles. The first-order valence-electron chi connectivity index (χ1n) is 9.89. The molecule has 3 rings (SSSR count). The first kappa shape index (κ1) is 20.2. The zero-order chi connectivity index (χ0) is 19.9. The van der Waals surface area contributed by atoms with E-state index in [0.29, 0.717) is 32.4 Å². The van der Waals surface area contributed by atoms with Crippen molar-refractivity contribution in [2.45, 2.75) is 50.7 Å². The third kappa shape index (κ3) is 5.05. The van der Waals surface area contributed by atoms with Crippen LogP contribution in [0.1, 0.15) is 37.7 Å². The lowest BCUT2D eigenvalue weighted by atomic mass is 10.0. The molecule has 5 N–H and O–H groups in total. The van der Waals surface area contributed by atoms with Crippen LogP contribution in [0.15, 0.2) is 36.5 Å². The smallest absolute Gasteiger partial charge is 0.308 e. The molecule has 1 aliphatic rings. The second-order valence-corrected chi connectivity index (χ2v) is 7.39. The Morgan fingerprint density at radius 3 is 2.93 bits per heavy atom. The molecule has 1 fully saturated rings. The molecule has 150 valence electrons. The maximum Gasteiger partial charge on any atom is 0.308 e. The number of nitrogens with zero attached hydrogens (tertiary/aromatic N) is 1. The van der Waals surface area contributed by atoms with E-state index in [9.17, 15) is 14.7 Å². The number of amides is 1. The van der Waals surface area contributed by atoms with Crippen molar-refractivity contribution in [2.75, 3.05) is 6.54 Å². The summed E-state index contributed by atoms with van der Waals surface area (Å²) in [6, 6.07) is 9.27. The lowest BCUT2D eigenvalue weighted by Crippen LogP contribution is -2.49. The van der Waals surface area contributed by atoms with E-state index in [-0.39, 0.29) is 11.9 Å². The summed E-state index contributed by atoms with van der Waals surface area (Å²) in [4.78, 5) is 28.5. The molecule has 7 nitrogen and oxygen atoms in total. The van der Waals surface area contributed by atoms with Gasteiger partial charge in [-0.1, -0.05) is 24.6 Å². The van der Waals surface area contributed by atoms with E-state index in [1.807, 2.05) is 30.3 Å². The lowest BCUT2D eigenvalue weighted by molar-refractivity contribution is -0.142. The molecule has 28 heavy (non-hydrogen) atoms. The van der Waals surface area contributed by atoms with Crippen LogP contribution in [0.25, 0.3) is 10.9 Å². The maximum atomic E-state index is 12.8. The van der Waals surface area contributed by atoms with Crippen LogP contribution in [-0.2, 0) is 16.1 Å². The lowest BCUT2D eigenvalue weighted by Gasteiger charge is -2.23. The van der Waals surface area contributed by atoms with E-state index in [4.69, 9.17) is 5.73 Å². The van der Waals surface area contributed by atoms with Gasteiger partial charge in [0.2, 0.25) is 5.91 Å². The van der Waals surface area contributed by atoms with E-state index in [0.717, 1.165) is 29.3 Å². The van der Waals surface area contributed by atoms with Crippen LogP contribution in [0.5, 0.6) is 0 Å². The second kappa shape index (κ2) is 9.61. The van der Waals surface area contributed by atoms with E-state index in [1.54, 1.807) is 6.20 Å². The van der Waals surface area contributed by atoms with Crippen molar-refractivity contribution in [3.63, 3.8) is 0 Å². The van der Waals surface area contributed by atoms with Gasteiger partial charge in [-0.25, -0.2) is 0 Å². The number of pyridine rings is 1. The molecule has 0 aliphatic heterocycles. The van der Waals surface area contributed by atoms with Crippen molar-refractivity contribution in [3.8, 4) is 0 Å². The van der Waals surface area contributed by atoms with Crippen molar-refractivity contribution in [1.29, 1.82) is 0 Å². The standard InChI is InChI=1S/C21H28N4O3/c22-10-2-7-18(20(26)25-17-6-1-5-16(17)21(27)28)24-13-14-8-9-15-4-3-11-23-19(15)12-14/h3-4,8-9,11-12,16-18,24H,1-2,5-7,10,13,22H2,(H,25,26)(H,27,28). The average Bonchev–Trinajstić information content (AvgIpc) is 3.16. The Morgan fingerprint density at radius 2 is 2.14 bits per heavy atom. The highest BCUT2D eigenvalue weighted by atomic mass is 16.4. The molecule has 0 bridgehead atoms. The van der Waals surface area contributed by atoms with E-state index < -0.39 is 17.9 Å². The number of fused-ring (bicyclic) bond motifs is 1. The van der Waals surface area contributed by atoms with Crippen LogP contribution in [-0.4, -0.2) is 40.6 Å². The Kier molecular flexibility index (Phi) is 6.95. The molecular weight excluding hydrogens is 356 g/mol. The number of aromatic nitrogens is 1. The number of hydrogen-bond acceptors (Lipinski definition) is 5. The summed E-state index contributed by atoms with van der Waals surface area (Å²) >= 11 is 0. The topological polar surface area (TPSA) is 117 Å². The molecule has 1 aliphatic carbocycles. The predicted molar refractivity (Wildman–Crippen MR) is 108 cm³/mol. The second-order valence-electron chi connectivity index (χ2n) is 7.39. The van der Waals surface area contributed by atoms with Crippen molar-refractivity contribution in [2.24, 2.45) is 11.7 Å². The Hall–Kier alpha value is -2.51. The van der Waals surface area contributed by atoms with Crippen molar-refractivity contribution in [3.05, 3.63) is 42.1 Å². The van der Waals surface area contributed by atoms with Crippen LogP contribution in [0, 0.1) is 5.92 Å². The average molecular weight is 384 g/mol. The van der Waals surface area contributed by atoms with Gasteiger partial charge in [-0.15, -0.1) is 0 Å². The van der Waals surface area contributed by atoms with Gasteiger partial charge in [0.25, 0.3) is 0 Å². The minimum atomic E-state index is -0.835. The number of nitrogens with two attached hydrogens (primary N) is 1. The Labute approximate surface area is 164 Å². The monoisotopic (exact) mass is 384 g/mol. The molecule has 3 unspecified atom stereocenters. The largest absolute Gasteiger partial charge is 0.481 e. The summed E-state index contributed by atoms with van der Waals surface area (Å²) < 4.78 is 0. The normalized spacial score (nSPS) is 20.2. The number of benzene rings is 1. The first-order valence-corrected chi connectivity index (χ1v) is 9.89. The summed E-state index contributed by atoms with van der Waals surface area (Å²) in [6.45, 7) is 1.04. The highest BCUT2D eigenvalue weighted by Gasteiger charge is 2.35. The number of carbonyl (C=O) groups is 2. The van der Waals surface area contributed by atoms with E-state index in [1.165, 1.54) is 0 Å². The van der Waals surface area contributed by atoms with Gasteiger partial charge in [0.15, 0.2) is 0 Å². The molecule has 0 spiro atoms. The first-order chi connectivity index (χ1) is 13.6. The van der Waals surface area contributed by atoms with Crippen molar-refractivity contribution >= 4 is 22.8 Å². The molecule has 3 atom stereocenters. The highest BCUT2D eigenvalue weighted by Crippen LogP contribution is 2.26. The summed E-state index contributed by atoms with van der Waals surface area (Å²) in [5.74, 6) is -1.48. The van der Waals surface area contributed by atoms with Gasteiger partial charge in [0.1, 0.15) is 0 Å². The zero-order valence-corrected chi connectivity index (χ0v) is 15.9. The molecular formula is C21H28N4O3. The van der Waals surface area contributed by atoms with Crippen LogP contribution in [0.3, 0.4) is 0 Å². The molecule has 1 heterocycles. The minimum absolute atomic E-state index is 0.148. The molecule has 2 aromatic rings. The number of hydrogen-bond donors (Lipinski definition) is 4. The van der Waals surface area contributed by atoms with Gasteiger partial charge in [-0.2, -0.15) is 0 Å². The molecule has 1 aromatic heterocycles. The number of nitrogens with one attached hydrogen (secondary N) is 2. The molecule has 1 amide bonds. The van der Waals surface area contributed by atoms with Crippen LogP contribution in [0.2, 0.25) is 0 Å². The third-order valence-corrected chi connectivity index (χ3v) is 5.40. The van der Waals surface area contributed by atoms with Gasteiger partial charge in [-0.3, -0.25) is 14.6 Å². The third-order valence-electron chi connectivity index (χ3n) is 5.40. The van der Waals surface area contributed by atoms with Gasteiger partial charge in [0, 0.05) is 24.2 Å². The Bertz CT molecular complexity index is 826. The number of carboxylic acid groups (broad SMARTS) is 1. The quantitative estimate of drug-likeness (QED) is 0.524. The van der Waals surface area contributed by atoms with Gasteiger partial charge >= 0.3 is 5.97 Å². The van der Waals surface area contributed by atoms with Crippen LogP contribution < -0.4 is 16.4 Å². The molecule has 0 saturated heterocycles. The van der Waals surface area contributed by atoms with Gasteiger partial charge < -0.3 is 21.5 Å². The maximum absolute atomic E-state index is 12.8. The number of aliphatic carboxylic acids is 1. The Balaban J connectivity index is 1.63. The highest BCUT2D eigenvalue weighted by molar-refractivity contribution is 5.83. The van der Waals surface area contributed by atoms with Crippen LogP contribution >= 0.6 is 0 Å². The minimum Gasteiger partial charge on any atom is -0.481 e. The predicted octanol–water partition coefficient (Wildman–Crippen LogP) is 1.80. The fourth-order valence-electron chi connectivity index (χ4n) is 3.82. The fourth-order valence-corrected chi connectivity index (χ4v) is 3.82. The summed E-state index contributed by atoms with van der Waals surface area (Å²) in [7, 11) is 0. The van der Waals surface area contributed by atoms with Crippen LogP contribution in [0.4, 0.5) is 0 Å². The van der Waals surface area contributed by atoms with Crippen molar-refractivity contribution in [1.82, 2.24) is 15.6 Å². The van der Waals surface area contributed by atoms with Crippen molar-refractivity contribution < 1.29 is 14.7 Å². The zero-order valence-electron chi connectivity index (χ0n) is 15.9. The number of rotatable bonds is 9. The fraction of sp³-hybridized carbons (Fsp3) is 0.476. The summed E-state index contributed by atoms with van der Waals surface area (Å²) in [5.41, 5.74) is 7.59. The summed E-state index contributed by atoms with van der Waals surface area (Å²) in [6.07, 6.45) is 5.24. The molecule has 7 heteroatoms.